The lowest BCUT2D eigenvalue weighted by atomic mass is 9.90. The van der Waals surface area contributed by atoms with Gasteiger partial charge in [-0.3, -0.25) is 14.3 Å². The predicted molar refractivity (Wildman–Crippen MR) is 109 cm³/mol. The Morgan fingerprint density at radius 2 is 1.96 bits per heavy atom. The molecule has 1 aliphatic rings. The van der Waals surface area contributed by atoms with Gasteiger partial charge in [0.05, 0.1) is 11.4 Å². The molecule has 0 amide bonds. The smallest absolute Gasteiger partial charge is 0.263 e. The van der Waals surface area contributed by atoms with Crippen LogP contribution in [0.15, 0.2) is 21.5 Å². The lowest BCUT2D eigenvalue weighted by Gasteiger charge is -2.40. The van der Waals surface area contributed by atoms with Crippen LogP contribution in [0.25, 0.3) is 11.0 Å². The quantitative estimate of drug-likeness (QED) is 0.719. The lowest BCUT2D eigenvalue weighted by Crippen LogP contribution is -2.43. The number of rotatable bonds is 5. The average Bonchev–Trinajstić information content (AvgIpc) is 2.59. The van der Waals surface area contributed by atoms with Crippen molar-refractivity contribution >= 4 is 27.0 Å². The SMILES string of the molecule is CCCC(c1nc2ncc(Br)cc2c(=O)n1CC)N1C[C@H](C)C[C@H](C)C1. The van der Waals surface area contributed by atoms with Crippen LogP contribution < -0.4 is 5.56 Å². The van der Waals surface area contributed by atoms with Crippen LogP contribution in [0.3, 0.4) is 0 Å². The molecule has 0 N–H and O–H groups in total. The fourth-order valence-corrected chi connectivity index (χ4v) is 4.70. The summed E-state index contributed by atoms with van der Waals surface area (Å²) in [5.74, 6) is 2.23. The number of fused-ring (bicyclic) bond motifs is 1. The Hall–Kier alpha value is -1.27. The normalized spacial score (nSPS) is 22.7. The van der Waals surface area contributed by atoms with E-state index in [2.05, 4.69) is 46.6 Å². The van der Waals surface area contributed by atoms with Gasteiger partial charge in [0.1, 0.15) is 5.82 Å². The van der Waals surface area contributed by atoms with Crippen LogP contribution in [-0.2, 0) is 6.54 Å². The largest absolute Gasteiger partial charge is 0.295 e. The van der Waals surface area contributed by atoms with Gasteiger partial charge in [0.25, 0.3) is 5.56 Å². The highest BCUT2D eigenvalue weighted by molar-refractivity contribution is 9.10. The van der Waals surface area contributed by atoms with E-state index in [9.17, 15) is 4.79 Å². The van der Waals surface area contributed by atoms with E-state index in [4.69, 9.17) is 4.98 Å². The standard InChI is InChI=1S/C20H29BrN4O/c1-5-7-17(24-11-13(3)8-14(4)12-24)19-23-18-16(9-15(21)10-22-18)20(26)25(19)6-2/h9-10,13-14,17H,5-8,11-12H2,1-4H3/t13-,14+,17?. The molecule has 0 aromatic carbocycles. The van der Waals surface area contributed by atoms with Gasteiger partial charge in [-0.15, -0.1) is 0 Å². The van der Waals surface area contributed by atoms with Crippen molar-refractivity contribution in [2.45, 2.75) is 59.5 Å². The monoisotopic (exact) mass is 420 g/mol. The molecule has 0 radical (unpaired) electrons. The van der Waals surface area contributed by atoms with Gasteiger partial charge in [-0.25, -0.2) is 9.97 Å². The van der Waals surface area contributed by atoms with Crippen molar-refractivity contribution < 1.29 is 0 Å². The maximum Gasteiger partial charge on any atom is 0.263 e. The van der Waals surface area contributed by atoms with E-state index in [1.807, 2.05) is 17.6 Å². The molecule has 2 aromatic rings. The minimum atomic E-state index is 0.0144. The first-order valence-electron chi connectivity index (χ1n) is 9.74. The van der Waals surface area contributed by atoms with E-state index >= 15 is 0 Å². The molecule has 0 spiro atoms. The van der Waals surface area contributed by atoms with Crippen LogP contribution in [-0.4, -0.2) is 32.5 Å². The van der Waals surface area contributed by atoms with Crippen molar-refractivity contribution in [2.75, 3.05) is 13.1 Å². The third-order valence-corrected chi connectivity index (χ3v) is 5.75. The molecule has 3 rings (SSSR count). The summed E-state index contributed by atoms with van der Waals surface area (Å²) in [6.45, 7) is 11.6. The van der Waals surface area contributed by atoms with Crippen LogP contribution >= 0.6 is 15.9 Å². The summed E-state index contributed by atoms with van der Waals surface area (Å²) in [5, 5.41) is 0.584. The van der Waals surface area contributed by atoms with Gasteiger partial charge in [-0.1, -0.05) is 27.2 Å². The number of hydrogen-bond donors (Lipinski definition) is 0. The molecule has 0 saturated carbocycles. The zero-order valence-corrected chi connectivity index (χ0v) is 17.8. The predicted octanol–water partition coefficient (Wildman–Crippen LogP) is 4.39. The maximum absolute atomic E-state index is 13.1. The highest BCUT2D eigenvalue weighted by atomic mass is 79.9. The number of halogens is 1. The second-order valence-electron chi connectivity index (χ2n) is 7.75. The van der Waals surface area contributed by atoms with Gasteiger partial charge >= 0.3 is 0 Å². The molecular weight excluding hydrogens is 392 g/mol. The van der Waals surface area contributed by atoms with Crippen LogP contribution in [0.2, 0.25) is 0 Å². The molecule has 2 aromatic heterocycles. The minimum Gasteiger partial charge on any atom is -0.295 e. The zero-order chi connectivity index (χ0) is 18.8. The first-order valence-corrected chi connectivity index (χ1v) is 10.5. The Labute approximate surface area is 164 Å². The Bertz CT molecular complexity index is 824. The number of nitrogens with zero attached hydrogens (tertiary/aromatic N) is 4. The molecule has 5 nitrogen and oxygen atoms in total. The molecule has 3 atom stereocenters. The van der Waals surface area contributed by atoms with Crippen LogP contribution in [0, 0.1) is 11.8 Å². The van der Waals surface area contributed by atoms with Gasteiger partial charge in [0.15, 0.2) is 5.65 Å². The fourth-order valence-electron chi connectivity index (χ4n) is 4.37. The molecular formula is C20H29BrN4O. The van der Waals surface area contributed by atoms with Crippen LogP contribution in [0.4, 0.5) is 0 Å². The first-order chi connectivity index (χ1) is 12.4. The minimum absolute atomic E-state index is 0.0144. The van der Waals surface area contributed by atoms with Crippen LogP contribution in [0.1, 0.15) is 58.8 Å². The number of piperidine rings is 1. The maximum atomic E-state index is 13.1. The molecule has 1 fully saturated rings. The van der Waals surface area contributed by atoms with E-state index in [0.717, 1.165) is 36.2 Å². The molecule has 1 aliphatic heterocycles. The second kappa shape index (κ2) is 8.17. The van der Waals surface area contributed by atoms with E-state index in [0.29, 0.717) is 29.4 Å². The summed E-state index contributed by atoms with van der Waals surface area (Å²) in [7, 11) is 0. The third-order valence-electron chi connectivity index (χ3n) is 5.32. The number of likely N-dealkylation sites (tertiary alicyclic amines) is 1. The fraction of sp³-hybridized carbons (Fsp3) is 0.650. The van der Waals surface area contributed by atoms with Crippen molar-refractivity contribution in [1.82, 2.24) is 19.4 Å². The Morgan fingerprint density at radius 3 is 2.58 bits per heavy atom. The van der Waals surface area contributed by atoms with Gasteiger partial charge in [0, 0.05) is 30.3 Å². The Kier molecular flexibility index (Phi) is 6.13. The van der Waals surface area contributed by atoms with Crippen molar-refractivity contribution in [3.05, 3.63) is 32.9 Å². The van der Waals surface area contributed by atoms with Gasteiger partial charge in [-0.2, -0.15) is 0 Å². The Morgan fingerprint density at radius 1 is 1.27 bits per heavy atom. The molecule has 3 heterocycles. The number of hydrogen-bond acceptors (Lipinski definition) is 4. The lowest BCUT2D eigenvalue weighted by molar-refractivity contribution is 0.0836. The Balaban J connectivity index is 2.13. The van der Waals surface area contributed by atoms with E-state index in [1.54, 1.807) is 6.20 Å². The molecule has 142 valence electrons. The van der Waals surface area contributed by atoms with E-state index in [1.165, 1.54) is 6.42 Å². The topological polar surface area (TPSA) is 51.0 Å². The summed E-state index contributed by atoms with van der Waals surface area (Å²) in [6, 6.07) is 2.00. The van der Waals surface area contributed by atoms with E-state index in [-0.39, 0.29) is 11.6 Å². The van der Waals surface area contributed by atoms with Gasteiger partial charge < -0.3 is 0 Å². The summed E-state index contributed by atoms with van der Waals surface area (Å²) < 4.78 is 2.66. The number of pyridine rings is 1. The van der Waals surface area contributed by atoms with Crippen molar-refractivity contribution in [1.29, 1.82) is 0 Å². The second-order valence-corrected chi connectivity index (χ2v) is 8.66. The van der Waals surface area contributed by atoms with Gasteiger partial charge in [-0.05, 0) is 53.6 Å². The zero-order valence-electron chi connectivity index (χ0n) is 16.2. The summed E-state index contributed by atoms with van der Waals surface area (Å²) in [6.07, 6.45) is 5.06. The highest BCUT2D eigenvalue weighted by Gasteiger charge is 2.31. The summed E-state index contributed by atoms with van der Waals surface area (Å²) in [4.78, 5) is 24.9. The molecule has 26 heavy (non-hydrogen) atoms. The molecule has 0 aliphatic carbocycles. The summed E-state index contributed by atoms with van der Waals surface area (Å²) in [5.41, 5.74) is 0.567. The summed E-state index contributed by atoms with van der Waals surface area (Å²) >= 11 is 3.41. The molecule has 0 bridgehead atoms. The van der Waals surface area contributed by atoms with Crippen molar-refractivity contribution in [2.24, 2.45) is 11.8 Å². The van der Waals surface area contributed by atoms with E-state index < -0.39 is 0 Å². The molecule has 6 heteroatoms. The van der Waals surface area contributed by atoms with Crippen molar-refractivity contribution in [3.8, 4) is 0 Å². The first kappa shape index (κ1) is 19.5. The third kappa shape index (κ3) is 3.86. The molecule has 1 saturated heterocycles. The van der Waals surface area contributed by atoms with Crippen molar-refractivity contribution in [3.63, 3.8) is 0 Å². The van der Waals surface area contributed by atoms with Crippen LogP contribution in [0.5, 0.6) is 0 Å². The van der Waals surface area contributed by atoms with Gasteiger partial charge in [0.2, 0.25) is 0 Å². The highest BCUT2D eigenvalue weighted by Crippen LogP contribution is 2.31. The average molecular weight is 421 g/mol. The number of aromatic nitrogens is 3. The molecule has 1 unspecified atom stereocenters.